The lowest BCUT2D eigenvalue weighted by molar-refractivity contribution is 0.0558. The van der Waals surface area contributed by atoms with Gasteiger partial charge < -0.3 is 16.2 Å². The maximum atomic E-state index is 11.9. The van der Waals surface area contributed by atoms with Gasteiger partial charge in [-0.15, -0.1) is 22.7 Å². The van der Waals surface area contributed by atoms with Crippen LogP contribution in [-0.2, 0) is 5.60 Å². The van der Waals surface area contributed by atoms with Gasteiger partial charge >= 0.3 is 0 Å². The van der Waals surface area contributed by atoms with Crippen molar-refractivity contribution < 1.29 is 14.7 Å². The molecule has 2 amide bonds. The van der Waals surface area contributed by atoms with Crippen molar-refractivity contribution in [1.82, 2.24) is 5.32 Å². The summed E-state index contributed by atoms with van der Waals surface area (Å²) < 4.78 is 0. The van der Waals surface area contributed by atoms with Crippen molar-refractivity contribution >= 4 is 34.5 Å². The molecule has 2 aromatic rings. The van der Waals surface area contributed by atoms with Crippen LogP contribution >= 0.6 is 22.7 Å². The smallest absolute Gasteiger partial charge is 0.261 e. The summed E-state index contributed by atoms with van der Waals surface area (Å²) in [6.07, 6.45) is 0. The maximum Gasteiger partial charge on any atom is 0.261 e. The standard InChI is InChI=1S/C13H14N2O3S2/c1-13(18,10-3-2-4-19-10)7-15-12(17)9-5-8(6-20-9)11(14)16/h2-6,18H,7H2,1H3,(H2,14,16)(H,15,17). The van der Waals surface area contributed by atoms with Gasteiger partial charge in [0.1, 0.15) is 5.60 Å². The van der Waals surface area contributed by atoms with Crippen molar-refractivity contribution in [2.75, 3.05) is 6.54 Å². The van der Waals surface area contributed by atoms with Gasteiger partial charge in [-0.05, 0) is 24.4 Å². The average Bonchev–Trinajstić information content (AvgIpc) is 3.06. The van der Waals surface area contributed by atoms with Gasteiger partial charge in [-0.1, -0.05) is 6.07 Å². The largest absolute Gasteiger partial charge is 0.383 e. The molecule has 0 saturated carbocycles. The number of amides is 2. The van der Waals surface area contributed by atoms with Crippen molar-refractivity contribution in [1.29, 1.82) is 0 Å². The first-order chi connectivity index (χ1) is 9.40. The predicted octanol–water partition coefficient (Wildman–Crippen LogP) is 1.55. The second kappa shape index (κ2) is 5.74. The number of carbonyl (C=O) groups excluding carboxylic acids is 2. The Kier molecular flexibility index (Phi) is 4.22. The molecular formula is C13H14N2O3S2. The highest BCUT2D eigenvalue weighted by molar-refractivity contribution is 7.12. The van der Waals surface area contributed by atoms with E-state index in [-0.39, 0.29) is 12.5 Å². The summed E-state index contributed by atoms with van der Waals surface area (Å²) in [6.45, 7) is 1.73. The fourth-order valence-corrected chi connectivity index (χ4v) is 3.20. The number of primary amides is 1. The van der Waals surface area contributed by atoms with Crippen molar-refractivity contribution in [2.45, 2.75) is 12.5 Å². The van der Waals surface area contributed by atoms with Gasteiger partial charge in [0.25, 0.3) is 5.91 Å². The fourth-order valence-electron chi connectivity index (χ4n) is 1.60. The fraction of sp³-hybridized carbons (Fsp3) is 0.231. The molecule has 4 N–H and O–H groups in total. The molecule has 1 unspecified atom stereocenters. The van der Waals surface area contributed by atoms with E-state index < -0.39 is 11.5 Å². The van der Waals surface area contributed by atoms with Crippen LogP contribution in [0.5, 0.6) is 0 Å². The molecule has 0 bridgehead atoms. The highest BCUT2D eigenvalue weighted by atomic mass is 32.1. The van der Waals surface area contributed by atoms with E-state index in [1.165, 1.54) is 22.8 Å². The van der Waals surface area contributed by atoms with E-state index in [0.717, 1.165) is 16.2 Å². The number of aliphatic hydroxyl groups is 1. The molecule has 0 saturated heterocycles. The third kappa shape index (κ3) is 3.24. The molecule has 0 spiro atoms. The molecule has 2 heterocycles. The zero-order valence-corrected chi connectivity index (χ0v) is 12.4. The molecule has 5 nitrogen and oxygen atoms in total. The number of nitrogens with one attached hydrogen (secondary N) is 1. The molecule has 0 aliphatic carbocycles. The average molecular weight is 310 g/mol. The topological polar surface area (TPSA) is 92.4 Å². The highest BCUT2D eigenvalue weighted by Gasteiger charge is 2.25. The van der Waals surface area contributed by atoms with Crippen LogP contribution in [-0.4, -0.2) is 23.5 Å². The van der Waals surface area contributed by atoms with Gasteiger partial charge in [0.2, 0.25) is 5.91 Å². The van der Waals surface area contributed by atoms with E-state index in [2.05, 4.69) is 5.32 Å². The Hall–Kier alpha value is -1.70. The van der Waals surface area contributed by atoms with Crippen molar-refractivity contribution in [2.24, 2.45) is 5.73 Å². The number of hydrogen-bond donors (Lipinski definition) is 3. The molecule has 1 atom stereocenters. The van der Waals surface area contributed by atoms with E-state index in [9.17, 15) is 14.7 Å². The Bertz CT molecular complexity index is 617. The minimum Gasteiger partial charge on any atom is -0.383 e. The van der Waals surface area contributed by atoms with Gasteiger partial charge in [0.15, 0.2) is 0 Å². The Morgan fingerprint density at radius 2 is 2.20 bits per heavy atom. The van der Waals surface area contributed by atoms with Gasteiger partial charge in [-0.3, -0.25) is 9.59 Å². The second-order valence-electron chi connectivity index (χ2n) is 4.50. The SMILES string of the molecule is CC(O)(CNC(=O)c1cc(C(N)=O)cs1)c1cccs1. The summed E-state index contributed by atoms with van der Waals surface area (Å²) in [6, 6.07) is 5.10. The molecule has 2 rings (SSSR count). The van der Waals surface area contributed by atoms with Crippen molar-refractivity contribution in [3.8, 4) is 0 Å². The molecule has 0 aliphatic rings. The summed E-state index contributed by atoms with van der Waals surface area (Å²) in [5, 5.41) is 16.3. The van der Waals surface area contributed by atoms with Crippen LogP contribution in [0.25, 0.3) is 0 Å². The Balaban J connectivity index is 1.99. The van der Waals surface area contributed by atoms with Crippen LogP contribution in [0.15, 0.2) is 29.0 Å². The Morgan fingerprint density at radius 1 is 1.45 bits per heavy atom. The third-order valence-electron chi connectivity index (χ3n) is 2.75. The van der Waals surface area contributed by atoms with Crippen LogP contribution in [0.3, 0.4) is 0 Å². The highest BCUT2D eigenvalue weighted by Crippen LogP contribution is 2.24. The minimum atomic E-state index is -1.12. The first kappa shape index (κ1) is 14.7. The maximum absolute atomic E-state index is 11.9. The first-order valence-electron chi connectivity index (χ1n) is 5.83. The predicted molar refractivity (Wildman–Crippen MR) is 79.1 cm³/mol. The second-order valence-corrected chi connectivity index (χ2v) is 6.36. The normalized spacial score (nSPS) is 13.7. The molecule has 7 heteroatoms. The van der Waals surface area contributed by atoms with Crippen LogP contribution in [0, 0.1) is 0 Å². The molecule has 0 aliphatic heterocycles. The van der Waals surface area contributed by atoms with Gasteiger partial charge in [0, 0.05) is 10.3 Å². The van der Waals surface area contributed by atoms with E-state index in [0.29, 0.717) is 10.4 Å². The lowest BCUT2D eigenvalue weighted by atomic mass is 10.1. The van der Waals surface area contributed by atoms with Crippen molar-refractivity contribution in [3.05, 3.63) is 44.3 Å². The Labute approximate surface area is 124 Å². The van der Waals surface area contributed by atoms with Crippen LogP contribution in [0.2, 0.25) is 0 Å². The molecule has 0 aromatic carbocycles. The first-order valence-corrected chi connectivity index (χ1v) is 7.59. The number of thiophene rings is 2. The van der Waals surface area contributed by atoms with Gasteiger partial charge in [0.05, 0.1) is 17.0 Å². The number of rotatable bonds is 5. The zero-order valence-electron chi connectivity index (χ0n) is 10.8. The quantitative estimate of drug-likeness (QED) is 0.782. The molecule has 0 radical (unpaired) electrons. The zero-order chi connectivity index (χ0) is 14.8. The van der Waals surface area contributed by atoms with Crippen LogP contribution < -0.4 is 11.1 Å². The monoisotopic (exact) mass is 310 g/mol. The summed E-state index contributed by atoms with van der Waals surface area (Å²) in [7, 11) is 0. The molecule has 20 heavy (non-hydrogen) atoms. The van der Waals surface area contributed by atoms with E-state index in [4.69, 9.17) is 5.73 Å². The molecular weight excluding hydrogens is 296 g/mol. The summed E-state index contributed by atoms with van der Waals surface area (Å²) >= 11 is 2.57. The third-order valence-corrected chi connectivity index (χ3v) is 4.80. The number of carbonyl (C=O) groups is 2. The summed E-state index contributed by atoms with van der Waals surface area (Å²) in [5.41, 5.74) is 4.32. The van der Waals surface area contributed by atoms with Crippen LogP contribution in [0.1, 0.15) is 31.8 Å². The molecule has 106 valence electrons. The van der Waals surface area contributed by atoms with Gasteiger partial charge in [-0.2, -0.15) is 0 Å². The van der Waals surface area contributed by atoms with Crippen LogP contribution in [0.4, 0.5) is 0 Å². The van der Waals surface area contributed by atoms with Gasteiger partial charge in [-0.25, -0.2) is 0 Å². The summed E-state index contributed by atoms with van der Waals surface area (Å²) in [4.78, 5) is 24.1. The molecule has 2 aromatic heterocycles. The van der Waals surface area contributed by atoms with E-state index in [1.807, 2.05) is 17.5 Å². The lowest BCUT2D eigenvalue weighted by Crippen LogP contribution is -2.37. The lowest BCUT2D eigenvalue weighted by Gasteiger charge is -2.22. The minimum absolute atomic E-state index is 0.0934. The molecule has 0 fully saturated rings. The van der Waals surface area contributed by atoms with E-state index in [1.54, 1.807) is 6.92 Å². The Morgan fingerprint density at radius 3 is 2.75 bits per heavy atom. The number of nitrogens with two attached hydrogens (primary N) is 1. The number of hydrogen-bond acceptors (Lipinski definition) is 5. The van der Waals surface area contributed by atoms with E-state index >= 15 is 0 Å². The summed E-state index contributed by atoms with van der Waals surface area (Å²) in [5.74, 6) is -0.898. The van der Waals surface area contributed by atoms with Crippen molar-refractivity contribution in [3.63, 3.8) is 0 Å².